The average molecular weight is 424 g/mol. The molecule has 0 aromatic heterocycles. The first kappa shape index (κ1) is 23.3. The largest absolute Gasteiger partial charge is 0.355 e. The lowest BCUT2D eigenvalue weighted by Crippen LogP contribution is -2.43. The van der Waals surface area contributed by atoms with E-state index in [2.05, 4.69) is 24.5 Å². The van der Waals surface area contributed by atoms with Gasteiger partial charge in [0.25, 0.3) is 0 Å². The molecule has 162 valence electrons. The first-order valence-corrected chi connectivity index (χ1v) is 11.7. The highest BCUT2D eigenvalue weighted by atomic mass is 32.2. The zero-order valence-corrected chi connectivity index (χ0v) is 18.6. The quantitative estimate of drug-likeness (QED) is 0.670. The van der Waals surface area contributed by atoms with Crippen LogP contribution in [-0.2, 0) is 19.6 Å². The number of amides is 2. The Morgan fingerprint density at radius 2 is 1.66 bits per heavy atom. The number of carbonyl (C=O) groups is 2. The highest BCUT2D eigenvalue weighted by Gasteiger charge is 2.32. The van der Waals surface area contributed by atoms with Crippen LogP contribution in [0, 0.1) is 5.92 Å². The molecule has 0 spiro atoms. The van der Waals surface area contributed by atoms with Crippen molar-refractivity contribution in [3.63, 3.8) is 0 Å². The summed E-state index contributed by atoms with van der Waals surface area (Å²) < 4.78 is 27.2. The van der Waals surface area contributed by atoms with Crippen LogP contribution in [0.3, 0.4) is 0 Å². The van der Waals surface area contributed by atoms with Gasteiger partial charge in [-0.1, -0.05) is 26.0 Å². The Labute approximate surface area is 174 Å². The monoisotopic (exact) mass is 423 g/mol. The van der Waals surface area contributed by atoms with Gasteiger partial charge in [-0.25, -0.2) is 8.42 Å². The minimum Gasteiger partial charge on any atom is -0.355 e. The molecular weight excluding hydrogens is 390 g/mol. The van der Waals surface area contributed by atoms with Crippen molar-refractivity contribution in [2.75, 3.05) is 19.6 Å². The third-order valence-electron chi connectivity index (χ3n) is 5.11. The molecule has 1 saturated heterocycles. The molecule has 1 aliphatic heterocycles. The van der Waals surface area contributed by atoms with Gasteiger partial charge >= 0.3 is 0 Å². The van der Waals surface area contributed by atoms with Crippen LogP contribution in [-0.4, -0.2) is 50.2 Å². The van der Waals surface area contributed by atoms with Crippen molar-refractivity contribution in [2.45, 2.75) is 63.8 Å². The average Bonchev–Trinajstić information content (AvgIpc) is 2.67. The predicted molar refractivity (Wildman–Crippen MR) is 113 cm³/mol. The fourth-order valence-corrected chi connectivity index (χ4v) is 4.84. The van der Waals surface area contributed by atoms with Crippen LogP contribution >= 0.6 is 0 Å². The van der Waals surface area contributed by atoms with Crippen molar-refractivity contribution in [3.8, 4) is 0 Å². The van der Waals surface area contributed by atoms with Gasteiger partial charge in [0, 0.05) is 38.0 Å². The van der Waals surface area contributed by atoms with Crippen LogP contribution in [0.5, 0.6) is 0 Å². The summed E-state index contributed by atoms with van der Waals surface area (Å²) >= 11 is 0. The molecule has 1 aromatic rings. The molecular formula is C21H33N3O4S. The summed E-state index contributed by atoms with van der Waals surface area (Å²) in [6, 6.07) is 7.10. The van der Waals surface area contributed by atoms with E-state index >= 15 is 0 Å². The summed E-state index contributed by atoms with van der Waals surface area (Å²) in [5.74, 6) is -0.0826. The van der Waals surface area contributed by atoms with Crippen molar-refractivity contribution in [1.82, 2.24) is 14.9 Å². The van der Waals surface area contributed by atoms with Gasteiger partial charge in [0.1, 0.15) is 0 Å². The minimum absolute atomic E-state index is 0.0751. The molecule has 1 fully saturated rings. The van der Waals surface area contributed by atoms with Gasteiger partial charge in [0.05, 0.1) is 4.90 Å². The number of benzene rings is 1. The van der Waals surface area contributed by atoms with E-state index in [-0.39, 0.29) is 36.7 Å². The second-order valence-electron chi connectivity index (χ2n) is 8.17. The molecule has 7 nitrogen and oxygen atoms in total. The third-order valence-corrected chi connectivity index (χ3v) is 7.02. The molecule has 2 amide bonds. The fourth-order valence-electron chi connectivity index (χ4n) is 3.37. The molecule has 0 atom stereocenters. The molecule has 29 heavy (non-hydrogen) atoms. The van der Waals surface area contributed by atoms with E-state index in [4.69, 9.17) is 0 Å². The number of sulfonamides is 1. The Bertz CT molecular complexity index is 796. The zero-order valence-electron chi connectivity index (χ0n) is 17.8. The molecule has 0 bridgehead atoms. The number of hydrogen-bond donors (Lipinski definition) is 2. The van der Waals surface area contributed by atoms with E-state index in [1.807, 2.05) is 26.0 Å². The van der Waals surface area contributed by atoms with Gasteiger partial charge < -0.3 is 10.6 Å². The Kier molecular flexibility index (Phi) is 8.22. The molecule has 1 aromatic carbocycles. The number of carbonyl (C=O) groups excluding carboxylic acids is 2. The van der Waals surface area contributed by atoms with Crippen LogP contribution in [0.4, 0.5) is 0 Å². The Morgan fingerprint density at radius 1 is 1.07 bits per heavy atom. The summed E-state index contributed by atoms with van der Waals surface area (Å²) in [7, 11) is -3.54. The molecule has 0 radical (unpaired) electrons. The summed E-state index contributed by atoms with van der Waals surface area (Å²) in [4.78, 5) is 24.2. The summed E-state index contributed by atoms with van der Waals surface area (Å²) in [6.45, 7) is 8.83. The number of nitrogens with one attached hydrogen (secondary N) is 2. The topological polar surface area (TPSA) is 95.6 Å². The smallest absolute Gasteiger partial charge is 0.243 e. The first-order valence-electron chi connectivity index (χ1n) is 10.3. The lowest BCUT2D eigenvalue weighted by atomic mass is 9.97. The van der Waals surface area contributed by atoms with Crippen molar-refractivity contribution >= 4 is 21.8 Å². The first-order chi connectivity index (χ1) is 13.6. The lowest BCUT2D eigenvalue weighted by molar-refractivity contribution is -0.126. The Balaban J connectivity index is 1.84. The number of hydrogen-bond acceptors (Lipinski definition) is 4. The molecule has 0 saturated carbocycles. The zero-order chi connectivity index (χ0) is 21.6. The minimum atomic E-state index is -3.54. The van der Waals surface area contributed by atoms with E-state index < -0.39 is 10.0 Å². The Hall–Kier alpha value is -1.93. The van der Waals surface area contributed by atoms with Gasteiger partial charge in [-0.05, 0) is 50.3 Å². The standard InChI is InChI=1S/C21H33N3O4S/c1-15(2)17-5-7-19(8-6-17)29(27,28)24-13-10-18(11-14-24)21(26)22-12-9-20(25)23-16(3)4/h5-8,15-16,18H,9-14H2,1-4H3,(H,22,26)(H,23,25). The maximum atomic E-state index is 12.9. The molecule has 1 aliphatic rings. The number of piperidine rings is 1. The third kappa shape index (κ3) is 6.54. The second-order valence-corrected chi connectivity index (χ2v) is 10.1. The van der Waals surface area contributed by atoms with Gasteiger partial charge in [0.15, 0.2) is 0 Å². The number of rotatable bonds is 8. The van der Waals surface area contributed by atoms with E-state index in [1.165, 1.54) is 4.31 Å². The number of nitrogens with zero attached hydrogens (tertiary/aromatic N) is 1. The van der Waals surface area contributed by atoms with E-state index in [0.29, 0.717) is 36.7 Å². The van der Waals surface area contributed by atoms with Crippen LogP contribution in [0.2, 0.25) is 0 Å². The van der Waals surface area contributed by atoms with Crippen molar-refractivity contribution in [1.29, 1.82) is 0 Å². The molecule has 0 unspecified atom stereocenters. The van der Waals surface area contributed by atoms with Crippen molar-refractivity contribution in [2.24, 2.45) is 5.92 Å². The fraction of sp³-hybridized carbons (Fsp3) is 0.619. The van der Waals surface area contributed by atoms with Crippen LogP contribution < -0.4 is 10.6 Å². The SMILES string of the molecule is CC(C)NC(=O)CCNC(=O)C1CCN(S(=O)(=O)c2ccc(C(C)C)cc2)CC1. The molecule has 8 heteroatoms. The van der Waals surface area contributed by atoms with Gasteiger partial charge in [0.2, 0.25) is 21.8 Å². The normalized spacial score (nSPS) is 16.2. The van der Waals surface area contributed by atoms with Crippen molar-refractivity contribution in [3.05, 3.63) is 29.8 Å². The van der Waals surface area contributed by atoms with Gasteiger partial charge in [-0.2, -0.15) is 4.31 Å². The maximum Gasteiger partial charge on any atom is 0.243 e. The highest BCUT2D eigenvalue weighted by molar-refractivity contribution is 7.89. The highest BCUT2D eigenvalue weighted by Crippen LogP contribution is 2.25. The molecule has 2 N–H and O–H groups in total. The van der Waals surface area contributed by atoms with E-state index in [9.17, 15) is 18.0 Å². The summed E-state index contributed by atoms with van der Waals surface area (Å²) in [5, 5.41) is 5.57. The van der Waals surface area contributed by atoms with Crippen LogP contribution in [0.1, 0.15) is 58.4 Å². The summed E-state index contributed by atoms with van der Waals surface area (Å²) in [6.07, 6.45) is 1.20. The predicted octanol–water partition coefficient (Wildman–Crippen LogP) is 2.24. The van der Waals surface area contributed by atoms with Crippen LogP contribution in [0.15, 0.2) is 29.2 Å². The summed E-state index contributed by atoms with van der Waals surface area (Å²) in [5.41, 5.74) is 1.10. The molecule has 1 heterocycles. The second kappa shape index (κ2) is 10.2. The maximum absolute atomic E-state index is 12.9. The van der Waals surface area contributed by atoms with Crippen LogP contribution in [0.25, 0.3) is 0 Å². The van der Waals surface area contributed by atoms with E-state index in [1.54, 1.807) is 12.1 Å². The Morgan fingerprint density at radius 3 is 2.17 bits per heavy atom. The van der Waals surface area contributed by atoms with E-state index in [0.717, 1.165) is 5.56 Å². The van der Waals surface area contributed by atoms with Gasteiger partial charge in [-0.3, -0.25) is 9.59 Å². The van der Waals surface area contributed by atoms with Gasteiger partial charge in [-0.15, -0.1) is 0 Å². The molecule has 0 aliphatic carbocycles. The lowest BCUT2D eigenvalue weighted by Gasteiger charge is -2.30. The van der Waals surface area contributed by atoms with Crippen molar-refractivity contribution < 1.29 is 18.0 Å². The molecule has 2 rings (SSSR count).